The highest BCUT2D eigenvalue weighted by Gasteiger charge is 2.23. The monoisotopic (exact) mass is 394 g/mol. The first-order chi connectivity index (χ1) is 13.5. The summed E-state index contributed by atoms with van der Waals surface area (Å²) >= 11 is 6.09. The van der Waals surface area contributed by atoms with E-state index in [-0.39, 0.29) is 5.92 Å². The maximum absolute atomic E-state index is 11.8. The number of fused-ring (bicyclic) bond motifs is 1. The lowest BCUT2D eigenvalue weighted by Gasteiger charge is -2.34. The van der Waals surface area contributed by atoms with Crippen molar-refractivity contribution in [2.45, 2.75) is 25.7 Å². The summed E-state index contributed by atoms with van der Waals surface area (Å²) in [6.45, 7) is 5.11. The first-order valence-electron chi connectivity index (χ1n) is 9.55. The molecule has 0 aliphatic carbocycles. The summed E-state index contributed by atoms with van der Waals surface area (Å²) < 4.78 is 0. The molecule has 1 aromatic heterocycles. The van der Waals surface area contributed by atoms with Crippen molar-refractivity contribution in [3.8, 4) is 0 Å². The average Bonchev–Trinajstić information content (AvgIpc) is 2.63. The minimum Gasteiger partial charge on any atom is -0.366 e. The molecule has 0 saturated carbocycles. The number of hydrogen-bond acceptors (Lipinski definition) is 4. The molecule has 1 aliphatic rings. The van der Waals surface area contributed by atoms with E-state index in [2.05, 4.69) is 22.0 Å². The number of aromatic nitrogens is 2. The number of carbonyl (C=O) groups excluding carboxylic acids is 1. The lowest BCUT2D eigenvalue weighted by Crippen LogP contribution is -2.40. The summed E-state index contributed by atoms with van der Waals surface area (Å²) in [6.07, 6.45) is 2.02. The molecule has 144 valence electrons. The van der Waals surface area contributed by atoms with E-state index in [1.165, 1.54) is 12.0 Å². The predicted octanol–water partition coefficient (Wildman–Crippen LogP) is 3.72. The molecule has 1 saturated heterocycles. The molecule has 1 atom stereocenters. The predicted molar refractivity (Wildman–Crippen MR) is 112 cm³/mol. The van der Waals surface area contributed by atoms with Crippen LogP contribution in [0.1, 0.15) is 39.8 Å². The minimum absolute atomic E-state index is 0.285. The molecule has 1 fully saturated rings. The zero-order valence-corrected chi connectivity index (χ0v) is 16.6. The van der Waals surface area contributed by atoms with Gasteiger partial charge in [0.05, 0.1) is 16.8 Å². The number of nitrogens with zero attached hydrogens (tertiary/aromatic N) is 3. The molecule has 2 heterocycles. The van der Waals surface area contributed by atoms with E-state index in [4.69, 9.17) is 22.3 Å². The van der Waals surface area contributed by atoms with Gasteiger partial charge in [-0.05, 0) is 56.6 Å². The van der Waals surface area contributed by atoms with Crippen molar-refractivity contribution in [3.05, 3.63) is 70.1 Å². The highest BCUT2D eigenvalue weighted by Crippen LogP contribution is 2.28. The molecule has 0 bridgehead atoms. The number of benzene rings is 2. The fourth-order valence-corrected chi connectivity index (χ4v) is 3.95. The fourth-order valence-electron chi connectivity index (χ4n) is 3.83. The van der Waals surface area contributed by atoms with E-state index >= 15 is 0 Å². The number of amides is 1. The molecule has 2 aromatic carbocycles. The fraction of sp³-hybridized carbons (Fsp3) is 0.318. The molecule has 2 N–H and O–H groups in total. The Bertz CT molecular complexity index is 1010. The van der Waals surface area contributed by atoms with Crippen LogP contribution < -0.4 is 5.73 Å². The van der Waals surface area contributed by atoms with Gasteiger partial charge in [0.1, 0.15) is 5.82 Å². The molecule has 6 heteroatoms. The first kappa shape index (κ1) is 18.8. The topological polar surface area (TPSA) is 72.1 Å². The number of para-hydroxylation sites is 1. The van der Waals surface area contributed by atoms with Crippen LogP contribution in [0.4, 0.5) is 0 Å². The van der Waals surface area contributed by atoms with Gasteiger partial charge in [-0.15, -0.1) is 0 Å². The number of halogens is 1. The zero-order chi connectivity index (χ0) is 19.7. The largest absolute Gasteiger partial charge is 0.366 e. The standard InChI is InChI=1S/C22H23ClN4O/c1-14-25-20(18-4-2-5-19(22(24)28)21(18)26-14)12-16(13-27-10-3-11-27)15-6-8-17(23)9-7-15/h2,4-9,16H,3,10-13H2,1H3,(H2,24,28). The molecule has 0 spiro atoms. The zero-order valence-electron chi connectivity index (χ0n) is 15.9. The summed E-state index contributed by atoms with van der Waals surface area (Å²) in [4.78, 5) is 23.5. The Labute approximate surface area is 169 Å². The Balaban J connectivity index is 1.75. The van der Waals surface area contributed by atoms with Crippen LogP contribution in [0.25, 0.3) is 10.9 Å². The van der Waals surface area contributed by atoms with Crippen LogP contribution in [-0.2, 0) is 6.42 Å². The van der Waals surface area contributed by atoms with E-state index in [9.17, 15) is 4.79 Å². The van der Waals surface area contributed by atoms with Gasteiger partial charge in [-0.3, -0.25) is 4.79 Å². The number of carbonyl (C=O) groups is 1. The molecule has 1 aliphatic heterocycles. The van der Waals surface area contributed by atoms with Gasteiger partial charge in [0.2, 0.25) is 0 Å². The Kier molecular flexibility index (Phi) is 5.29. The van der Waals surface area contributed by atoms with E-state index in [0.717, 1.165) is 42.2 Å². The average molecular weight is 395 g/mol. The van der Waals surface area contributed by atoms with E-state index in [1.54, 1.807) is 6.07 Å². The normalized spacial score (nSPS) is 15.4. The number of nitrogens with two attached hydrogens (primary N) is 1. The second-order valence-electron chi connectivity index (χ2n) is 7.39. The van der Waals surface area contributed by atoms with Gasteiger partial charge in [-0.2, -0.15) is 0 Å². The number of hydrogen-bond donors (Lipinski definition) is 1. The van der Waals surface area contributed by atoms with Crippen LogP contribution in [0.3, 0.4) is 0 Å². The maximum Gasteiger partial charge on any atom is 0.250 e. The Morgan fingerprint density at radius 2 is 1.93 bits per heavy atom. The Morgan fingerprint density at radius 3 is 2.57 bits per heavy atom. The Morgan fingerprint density at radius 1 is 1.18 bits per heavy atom. The summed E-state index contributed by atoms with van der Waals surface area (Å²) in [5.74, 6) is 0.465. The second-order valence-corrected chi connectivity index (χ2v) is 7.83. The highest BCUT2D eigenvalue weighted by molar-refractivity contribution is 6.30. The lowest BCUT2D eigenvalue weighted by atomic mass is 9.91. The number of rotatable bonds is 6. The molecule has 0 radical (unpaired) electrons. The smallest absolute Gasteiger partial charge is 0.250 e. The van der Waals surface area contributed by atoms with Crippen LogP contribution in [0.5, 0.6) is 0 Å². The van der Waals surface area contributed by atoms with Crippen molar-refractivity contribution in [2.24, 2.45) is 5.73 Å². The van der Waals surface area contributed by atoms with Gasteiger partial charge in [0.15, 0.2) is 0 Å². The Hall–Kier alpha value is -2.50. The quantitative estimate of drug-likeness (QED) is 0.691. The molecule has 5 nitrogen and oxygen atoms in total. The molecule has 28 heavy (non-hydrogen) atoms. The van der Waals surface area contributed by atoms with Crippen LogP contribution in [0, 0.1) is 6.92 Å². The molecular weight excluding hydrogens is 372 g/mol. The molecular formula is C22H23ClN4O. The van der Waals surface area contributed by atoms with Gasteiger partial charge >= 0.3 is 0 Å². The SMILES string of the molecule is Cc1nc(CC(CN2CCC2)c2ccc(Cl)cc2)c2cccc(C(N)=O)c2n1. The summed E-state index contributed by atoms with van der Waals surface area (Å²) in [5, 5.41) is 1.63. The number of primary amides is 1. The van der Waals surface area contributed by atoms with E-state index in [1.807, 2.05) is 31.2 Å². The summed E-state index contributed by atoms with van der Waals surface area (Å²) in [7, 11) is 0. The number of likely N-dealkylation sites (tertiary alicyclic amines) is 1. The van der Waals surface area contributed by atoms with Crippen molar-refractivity contribution in [1.29, 1.82) is 0 Å². The van der Waals surface area contributed by atoms with Crippen molar-refractivity contribution in [2.75, 3.05) is 19.6 Å². The van der Waals surface area contributed by atoms with Crippen molar-refractivity contribution < 1.29 is 4.79 Å². The molecule has 4 rings (SSSR count). The summed E-state index contributed by atoms with van der Waals surface area (Å²) in [5.41, 5.74) is 8.83. The molecule has 3 aromatic rings. The van der Waals surface area contributed by atoms with Crippen LogP contribution >= 0.6 is 11.6 Å². The van der Waals surface area contributed by atoms with Gasteiger partial charge in [0, 0.05) is 22.9 Å². The lowest BCUT2D eigenvalue weighted by molar-refractivity contribution is 0.100. The second kappa shape index (κ2) is 7.86. The maximum atomic E-state index is 11.8. The van der Waals surface area contributed by atoms with Crippen LogP contribution in [0.15, 0.2) is 42.5 Å². The highest BCUT2D eigenvalue weighted by atomic mass is 35.5. The van der Waals surface area contributed by atoms with Crippen molar-refractivity contribution in [3.63, 3.8) is 0 Å². The van der Waals surface area contributed by atoms with Crippen molar-refractivity contribution in [1.82, 2.24) is 14.9 Å². The van der Waals surface area contributed by atoms with Gasteiger partial charge in [-0.1, -0.05) is 35.9 Å². The van der Waals surface area contributed by atoms with Gasteiger partial charge in [0.25, 0.3) is 5.91 Å². The van der Waals surface area contributed by atoms with E-state index < -0.39 is 5.91 Å². The minimum atomic E-state index is -0.468. The van der Waals surface area contributed by atoms with E-state index in [0.29, 0.717) is 16.9 Å². The van der Waals surface area contributed by atoms with Crippen molar-refractivity contribution >= 4 is 28.4 Å². The number of aryl methyl sites for hydroxylation is 1. The summed E-state index contributed by atoms with van der Waals surface area (Å²) in [6, 6.07) is 13.6. The first-order valence-corrected chi connectivity index (χ1v) is 9.93. The van der Waals surface area contributed by atoms with Gasteiger partial charge in [-0.25, -0.2) is 9.97 Å². The molecule has 1 amide bonds. The third-order valence-electron chi connectivity index (χ3n) is 5.39. The molecule has 1 unspecified atom stereocenters. The van der Waals surface area contributed by atoms with Crippen LogP contribution in [0.2, 0.25) is 5.02 Å². The van der Waals surface area contributed by atoms with Gasteiger partial charge < -0.3 is 10.6 Å². The third kappa shape index (κ3) is 3.86. The third-order valence-corrected chi connectivity index (χ3v) is 5.64. The van der Waals surface area contributed by atoms with Crippen LogP contribution in [-0.4, -0.2) is 40.4 Å².